The Balaban J connectivity index is 2.60. The van der Waals surface area contributed by atoms with Crippen LogP contribution in [0, 0.1) is 11.8 Å². The van der Waals surface area contributed by atoms with Gasteiger partial charge in [0.2, 0.25) is 0 Å². The van der Waals surface area contributed by atoms with E-state index in [2.05, 4.69) is 29.5 Å². The number of rotatable bonds is 1. The molecule has 0 aliphatic heterocycles. The molecule has 1 heterocycles. The van der Waals surface area contributed by atoms with Crippen LogP contribution >= 0.6 is 12.6 Å². The Morgan fingerprint density at radius 3 is 3.00 bits per heavy atom. The third-order valence-corrected chi connectivity index (χ3v) is 2.48. The van der Waals surface area contributed by atoms with E-state index in [0.717, 1.165) is 23.3 Å². The summed E-state index contributed by atoms with van der Waals surface area (Å²) in [5.74, 6) is 6.81. The first-order valence-corrected chi connectivity index (χ1v) is 5.66. The maximum absolute atomic E-state index is 11.6. The van der Waals surface area contributed by atoms with Crippen LogP contribution in [-0.4, -0.2) is 10.7 Å². The Hall–Kier alpha value is -1.66. The maximum atomic E-state index is 11.6. The molecule has 0 bridgehead atoms. The van der Waals surface area contributed by atoms with Crippen LogP contribution in [0.2, 0.25) is 0 Å². The normalized spacial score (nSPS) is 9.81. The van der Waals surface area contributed by atoms with E-state index >= 15 is 0 Å². The summed E-state index contributed by atoms with van der Waals surface area (Å²) < 4.78 is 0. The summed E-state index contributed by atoms with van der Waals surface area (Å²) in [7, 11) is 0. The van der Waals surface area contributed by atoms with E-state index in [9.17, 15) is 4.79 Å². The number of pyridine rings is 1. The fourth-order valence-corrected chi connectivity index (χ4v) is 1.63. The number of aromatic amines is 1. The van der Waals surface area contributed by atoms with Crippen LogP contribution in [0.5, 0.6) is 0 Å². The van der Waals surface area contributed by atoms with Crippen molar-refractivity contribution in [3.8, 4) is 11.8 Å². The molecule has 2 aromatic rings. The van der Waals surface area contributed by atoms with Crippen LogP contribution in [0.4, 0.5) is 0 Å². The minimum atomic E-state index is 0.0200. The average molecular weight is 229 g/mol. The van der Waals surface area contributed by atoms with Crippen molar-refractivity contribution in [1.82, 2.24) is 4.98 Å². The van der Waals surface area contributed by atoms with Crippen molar-refractivity contribution in [2.24, 2.45) is 0 Å². The summed E-state index contributed by atoms with van der Waals surface area (Å²) in [5.41, 5.74) is 1.69. The zero-order chi connectivity index (χ0) is 11.4. The number of H-pyrrole nitrogens is 1. The molecule has 0 aliphatic carbocycles. The zero-order valence-corrected chi connectivity index (χ0v) is 9.55. The van der Waals surface area contributed by atoms with Gasteiger partial charge in [-0.05, 0) is 12.1 Å². The fraction of sp³-hybridized carbons (Fsp3) is 0.154. The van der Waals surface area contributed by atoms with Crippen molar-refractivity contribution in [2.45, 2.75) is 6.42 Å². The van der Waals surface area contributed by atoms with Gasteiger partial charge in [-0.25, -0.2) is 0 Å². The fourth-order valence-electron chi connectivity index (χ4n) is 1.52. The molecule has 0 unspecified atom stereocenters. The van der Waals surface area contributed by atoms with E-state index in [1.54, 1.807) is 12.3 Å². The monoisotopic (exact) mass is 229 g/mol. The summed E-state index contributed by atoms with van der Waals surface area (Å²) in [6.07, 6.45) is 2.39. The van der Waals surface area contributed by atoms with Crippen LogP contribution in [0.3, 0.4) is 0 Å². The van der Waals surface area contributed by atoms with Crippen molar-refractivity contribution in [3.63, 3.8) is 0 Å². The van der Waals surface area contributed by atoms with Crippen molar-refractivity contribution in [1.29, 1.82) is 0 Å². The summed E-state index contributed by atoms with van der Waals surface area (Å²) in [6, 6.07) is 7.08. The number of hydrogen-bond acceptors (Lipinski definition) is 2. The molecule has 16 heavy (non-hydrogen) atoms. The van der Waals surface area contributed by atoms with Crippen molar-refractivity contribution in [2.75, 3.05) is 5.75 Å². The Morgan fingerprint density at radius 2 is 2.19 bits per heavy atom. The standard InChI is InChI=1S/C13H11NOS/c15-12-7-8-14-13-10(4-1-2-9-16)5-3-6-11(12)13/h3,5-8,16H,2,9H2,(H,14,15). The third kappa shape index (κ3) is 2.12. The second-order valence-electron chi connectivity index (χ2n) is 3.35. The molecule has 0 fully saturated rings. The lowest BCUT2D eigenvalue weighted by atomic mass is 10.1. The number of fused-ring (bicyclic) bond motifs is 1. The first-order chi connectivity index (χ1) is 7.83. The third-order valence-electron chi connectivity index (χ3n) is 2.25. The van der Waals surface area contributed by atoms with Gasteiger partial charge in [0.05, 0.1) is 5.52 Å². The van der Waals surface area contributed by atoms with Crippen LogP contribution in [-0.2, 0) is 0 Å². The highest BCUT2D eigenvalue weighted by atomic mass is 32.1. The van der Waals surface area contributed by atoms with Gasteiger partial charge >= 0.3 is 0 Å². The van der Waals surface area contributed by atoms with E-state index in [-0.39, 0.29) is 5.43 Å². The molecule has 0 saturated carbocycles. The van der Waals surface area contributed by atoms with Crippen molar-refractivity contribution in [3.05, 3.63) is 46.2 Å². The molecule has 0 aliphatic rings. The van der Waals surface area contributed by atoms with Gasteiger partial charge in [0.1, 0.15) is 0 Å². The molecule has 0 atom stereocenters. The van der Waals surface area contributed by atoms with E-state index in [1.807, 2.05) is 12.1 Å². The Bertz CT molecular complexity index is 619. The lowest BCUT2D eigenvalue weighted by molar-refractivity contribution is 1.31. The maximum Gasteiger partial charge on any atom is 0.189 e. The number of para-hydroxylation sites is 1. The molecule has 0 radical (unpaired) electrons. The number of aromatic nitrogens is 1. The molecule has 0 saturated heterocycles. The molecular weight excluding hydrogens is 218 g/mol. The molecule has 2 nitrogen and oxygen atoms in total. The summed E-state index contributed by atoms with van der Waals surface area (Å²) in [5, 5.41) is 0.681. The number of benzene rings is 1. The summed E-state index contributed by atoms with van der Waals surface area (Å²) in [4.78, 5) is 14.6. The van der Waals surface area contributed by atoms with Crippen LogP contribution in [0.25, 0.3) is 10.9 Å². The molecule has 0 amide bonds. The molecular formula is C13H11NOS. The Kier molecular flexibility index (Phi) is 3.33. The van der Waals surface area contributed by atoms with Gasteiger partial charge < -0.3 is 4.98 Å². The Morgan fingerprint density at radius 1 is 1.31 bits per heavy atom. The first-order valence-electron chi connectivity index (χ1n) is 5.03. The van der Waals surface area contributed by atoms with E-state index in [0.29, 0.717) is 5.39 Å². The molecule has 80 valence electrons. The quantitative estimate of drug-likeness (QED) is 0.570. The minimum Gasteiger partial charge on any atom is -0.360 e. The molecule has 1 aromatic heterocycles. The van der Waals surface area contributed by atoms with Gasteiger partial charge in [-0.3, -0.25) is 4.79 Å². The van der Waals surface area contributed by atoms with Gasteiger partial charge in [0, 0.05) is 35.4 Å². The topological polar surface area (TPSA) is 32.9 Å². The van der Waals surface area contributed by atoms with Gasteiger partial charge in [-0.1, -0.05) is 17.9 Å². The van der Waals surface area contributed by atoms with Gasteiger partial charge in [0.25, 0.3) is 0 Å². The highest BCUT2D eigenvalue weighted by Gasteiger charge is 2.00. The molecule has 2 rings (SSSR count). The predicted molar refractivity (Wildman–Crippen MR) is 69.9 cm³/mol. The van der Waals surface area contributed by atoms with E-state index < -0.39 is 0 Å². The predicted octanol–water partition coefficient (Wildman–Crippen LogP) is 2.20. The highest BCUT2D eigenvalue weighted by molar-refractivity contribution is 7.80. The van der Waals surface area contributed by atoms with Crippen LogP contribution in [0.1, 0.15) is 12.0 Å². The summed E-state index contributed by atoms with van der Waals surface area (Å²) >= 11 is 4.10. The van der Waals surface area contributed by atoms with E-state index in [4.69, 9.17) is 0 Å². The average Bonchev–Trinajstić information content (AvgIpc) is 2.31. The highest BCUT2D eigenvalue weighted by Crippen LogP contribution is 2.11. The SMILES string of the molecule is O=c1cc[nH]c2c(C#CCCS)cccc12. The number of thiol groups is 1. The largest absolute Gasteiger partial charge is 0.360 e. The van der Waals surface area contributed by atoms with Crippen LogP contribution in [0.15, 0.2) is 35.3 Å². The summed E-state index contributed by atoms with van der Waals surface area (Å²) in [6.45, 7) is 0. The van der Waals surface area contributed by atoms with E-state index in [1.165, 1.54) is 6.07 Å². The lowest BCUT2D eigenvalue weighted by Gasteiger charge is -1.98. The zero-order valence-electron chi connectivity index (χ0n) is 8.66. The first kappa shape index (κ1) is 10.8. The number of hydrogen-bond donors (Lipinski definition) is 2. The van der Waals surface area contributed by atoms with Gasteiger partial charge in [-0.15, -0.1) is 0 Å². The van der Waals surface area contributed by atoms with Crippen LogP contribution < -0.4 is 5.43 Å². The second kappa shape index (κ2) is 4.91. The second-order valence-corrected chi connectivity index (χ2v) is 3.79. The lowest BCUT2D eigenvalue weighted by Crippen LogP contribution is -2.00. The minimum absolute atomic E-state index is 0.0200. The molecule has 1 aromatic carbocycles. The van der Waals surface area contributed by atoms with Crippen molar-refractivity contribution < 1.29 is 0 Å². The van der Waals surface area contributed by atoms with Crippen molar-refractivity contribution >= 4 is 23.5 Å². The number of nitrogens with one attached hydrogen (secondary N) is 1. The van der Waals surface area contributed by atoms with Gasteiger partial charge in [0.15, 0.2) is 5.43 Å². The molecule has 3 heteroatoms. The molecule has 0 spiro atoms. The molecule has 1 N–H and O–H groups in total. The Labute approximate surface area is 99.1 Å². The smallest absolute Gasteiger partial charge is 0.189 e. The van der Waals surface area contributed by atoms with Gasteiger partial charge in [-0.2, -0.15) is 12.6 Å².